The summed E-state index contributed by atoms with van der Waals surface area (Å²) in [6.45, 7) is 1.55. The normalized spacial score (nSPS) is 15.5. The van der Waals surface area contributed by atoms with E-state index < -0.39 is 6.09 Å². The molecule has 116 valence electrons. The van der Waals surface area contributed by atoms with Gasteiger partial charge in [-0.3, -0.25) is 4.98 Å². The van der Waals surface area contributed by atoms with Crippen LogP contribution in [0.2, 0.25) is 0 Å². The minimum atomic E-state index is -0.439. The largest absolute Gasteiger partial charge is 0.446 e. The molecule has 1 N–H and O–H groups in total. The molecule has 0 radical (unpaired) electrons. The van der Waals surface area contributed by atoms with E-state index in [9.17, 15) is 4.79 Å². The Labute approximate surface area is 127 Å². The van der Waals surface area contributed by atoms with Crippen molar-refractivity contribution in [3.8, 4) is 5.69 Å². The van der Waals surface area contributed by atoms with Crippen LogP contribution in [0.4, 0.5) is 4.79 Å². The SMILES string of the molecule is O=C(NCc1cn(-c2ccncc2)nn1)OC1CCOCC1. The molecule has 2 aromatic rings. The van der Waals surface area contributed by atoms with Crippen molar-refractivity contribution in [3.05, 3.63) is 36.4 Å². The Kier molecular flexibility index (Phi) is 4.59. The van der Waals surface area contributed by atoms with Crippen molar-refractivity contribution in [3.63, 3.8) is 0 Å². The highest BCUT2D eigenvalue weighted by Gasteiger charge is 2.18. The second-order valence-electron chi connectivity index (χ2n) is 4.93. The highest BCUT2D eigenvalue weighted by atomic mass is 16.6. The molecular formula is C14H17N5O3. The number of rotatable bonds is 4. The molecule has 0 atom stereocenters. The van der Waals surface area contributed by atoms with Crippen molar-refractivity contribution >= 4 is 6.09 Å². The molecule has 0 spiro atoms. The van der Waals surface area contributed by atoms with E-state index in [1.54, 1.807) is 23.3 Å². The molecule has 3 rings (SSSR count). The minimum Gasteiger partial charge on any atom is -0.446 e. The fraction of sp³-hybridized carbons (Fsp3) is 0.429. The number of alkyl carbamates (subject to hydrolysis) is 1. The van der Waals surface area contributed by atoms with Gasteiger partial charge in [-0.2, -0.15) is 0 Å². The zero-order valence-corrected chi connectivity index (χ0v) is 12.0. The summed E-state index contributed by atoms with van der Waals surface area (Å²) >= 11 is 0. The van der Waals surface area contributed by atoms with Gasteiger partial charge in [-0.05, 0) is 12.1 Å². The summed E-state index contributed by atoms with van der Waals surface area (Å²) in [5, 5.41) is 10.7. The van der Waals surface area contributed by atoms with Crippen molar-refractivity contribution in [1.29, 1.82) is 0 Å². The average molecular weight is 303 g/mol. The zero-order valence-electron chi connectivity index (χ0n) is 12.0. The lowest BCUT2D eigenvalue weighted by Crippen LogP contribution is -2.32. The molecule has 0 aromatic carbocycles. The molecule has 1 fully saturated rings. The molecule has 2 aromatic heterocycles. The highest BCUT2D eigenvalue weighted by Crippen LogP contribution is 2.10. The predicted molar refractivity (Wildman–Crippen MR) is 76.3 cm³/mol. The Morgan fingerprint density at radius 2 is 2.14 bits per heavy atom. The van der Waals surface area contributed by atoms with Crippen molar-refractivity contribution in [2.45, 2.75) is 25.5 Å². The van der Waals surface area contributed by atoms with Gasteiger partial charge in [-0.15, -0.1) is 5.10 Å². The van der Waals surface area contributed by atoms with Gasteiger partial charge in [-0.1, -0.05) is 5.21 Å². The number of hydrogen-bond donors (Lipinski definition) is 1. The molecule has 8 heteroatoms. The summed E-state index contributed by atoms with van der Waals surface area (Å²) < 4.78 is 12.2. The molecule has 0 unspecified atom stereocenters. The van der Waals surface area contributed by atoms with E-state index in [0.717, 1.165) is 18.5 Å². The first-order chi connectivity index (χ1) is 10.8. The summed E-state index contributed by atoms with van der Waals surface area (Å²) in [5.41, 5.74) is 1.51. The molecule has 3 heterocycles. The lowest BCUT2D eigenvalue weighted by molar-refractivity contribution is 0.00149. The van der Waals surface area contributed by atoms with Gasteiger partial charge in [0.1, 0.15) is 11.8 Å². The number of carbonyl (C=O) groups excluding carboxylic acids is 1. The second-order valence-corrected chi connectivity index (χ2v) is 4.93. The van der Waals surface area contributed by atoms with Crippen LogP contribution in [0.25, 0.3) is 5.69 Å². The van der Waals surface area contributed by atoms with Gasteiger partial charge >= 0.3 is 6.09 Å². The molecular weight excluding hydrogens is 286 g/mol. The van der Waals surface area contributed by atoms with Crippen molar-refractivity contribution in [1.82, 2.24) is 25.3 Å². The number of ether oxygens (including phenoxy) is 2. The minimum absolute atomic E-state index is 0.0683. The van der Waals surface area contributed by atoms with Crippen LogP contribution in [0.1, 0.15) is 18.5 Å². The topological polar surface area (TPSA) is 91.2 Å². The first-order valence-electron chi connectivity index (χ1n) is 7.15. The Bertz CT molecular complexity index is 610. The summed E-state index contributed by atoms with van der Waals surface area (Å²) in [7, 11) is 0. The molecule has 22 heavy (non-hydrogen) atoms. The van der Waals surface area contributed by atoms with E-state index in [1.165, 1.54) is 0 Å². The zero-order chi connectivity index (χ0) is 15.2. The number of pyridine rings is 1. The van der Waals surface area contributed by atoms with Gasteiger partial charge in [0.2, 0.25) is 0 Å². The van der Waals surface area contributed by atoms with Gasteiger partial charge in [0.05, 0.1) is 31.6 Å². The smallest absolute Gasteiger partial charge is 0.407 e. The third-order valence-electron chi connectivity index (χ3n) is 3.32. The van der Waals surface area contributed by atoms with Crippen molar-refractivity contribution < 1.29 is 14.3 Å². The first-order valence-corrected chi connectivity index (χ1v) is 7.15. The van der Waals surface area contributed by atoms with Crippen molar-refractivity contribution in [2.75, 3.05) is 13.2 Å². The average Bonchev–Trinajstić information content (AvgIpc) is 3.04. The lowest BCUT2D eigenvalue weighted by atomic mass is 10.2. The predicted octanol–water partition coefficient (Wildman–Crippen LogP) is 1.07. The number of amides is 1. The Hall–Kier alpha value is -2.48. The quantitative estimate of drug-likeness (QED) is 0.908. The highest BCUT2D eigenvalue weighted by molar-refractivity contribution is 5.67. The maximum atomic E-state index is 11.7. The van der Waals surface area contributed by atoms with Gasteiger partial charge in [0.15, 0.2) is 0 Å². The number of nitrogens with zero attached hydrogens (tertiary/aromatic N) is 4. The first kappa shape index (κ1) is 14.5. The van der Waals surface area contributed by atoms with Crippen LogP contribution in [-0.2, 0) is 16.0 Å². The lowest BCUT2D eigenvalue weighted by Gasteiger charge is -2.22. The molecule has 0 bridgehead atoms. The van der Waals surface area contributed by atoms with Crippen molar-refractivity contribution in [2.24, 2.45) is 0 Å². The van der Waals surface area contributed by atoms with E-state index >= 15 is 0 Å². The molecule has 1 aliphatic heterocycles. The van der Waals surface area contributed by atoms with E-state index in [0.29, 0.717) is 18.9 Å². The summed E-state index contributed by atoms with van der Waals surface area (Å²) in [6.07, 6.45) is 6.09. The van der Waals surface area contributed by atoms with Crippen LogP contribution < -0.4 is 5.32 Å². The maximum absolute atomic E-state index is 11.7. The van der Waals surface area contributed by atoms with Crippen LogP contribution in [0, 0.1) is 0 Å². The van der Waals surface area contributed by atoms with Crippen LogP contribution in [0.15, 0.2) is 30.7 Å². The monoisotopic (exact) mass is 303 g/mol. The summed E-state index contributed by atoms with van der Waals surface area (Å²) in [6, 6.07) is 3.65. The number of nitrogens with one attached hydrogen (secondary N) is 1. The summed E-state index contributed by atoms with van der Waals surface area (Å²) in [4.78, 5) is 15.7. The van der Waals surface area contributed by atoms with Crippen LogP contribution in [0.5, 0.6) is 0 Å². The number of carbonyl (C=O) groups is 1. The van der Waals surface area contributed by atoms with Gasteiger partial charge < -0.3 is 14.8 Å². The number of aromatic nitrogens is 4. The van der Waals surface area contributed by atoms with Crippen LogP contribution in [-0.4, -0.2) is 45.4 Å². The van der Waals surface area contributed by atoms with E-state index in [-0.39, 0.29) is 12.6 Å². The Morgan fingerprint density at radius 3 is 2.91 bits per heavy atom. The van der Waals surface area contributed by atoms with Crippen LogP contribution >= 0.6 is 0 Å². The third-order valence-corrected chi connectivity index (χ3v) is 3.32. The maximum Gasteiger partial charge on any atom is 0.407 e. The van der Waals surface area contributed by atoms with Gasteiger partial charge in [0.25, 0.3) is 0 Å². The van der Waals surface area contributed by atoms with Gasteiger partial charge in [-0.25, -0.2) is 9.48 Å². The summed E-state index contributed by atoms with van der Waals surface area (Å²) in [5.74, 6) is 0. The fourth-order valence-electron chi connectivity index (χ4n) is 2.15. The van der Waals surface area contributed by atoms with E-state index in [1.807, 2.05) is 12.1 Å². The third kappa shape index (κ3) is 3.79. The molecule has 0 aliphatic carbocycles. The fourth-order valence-corrected chi connectivity index (χ4v) is 2.15. The number of hydrogen-bond acceptors (Lipinski definition) is 6. The van der Waals surface area contributed by atoms with E-state index in [2.05, 4.69) is 20.6 Å². The molecule has 1 saturated heterocycles. The second kappa shape index (κ2) is 6.99. The molecule has 1 amide bonds. The van der Waals surface area contributed by atoms with Gasteiger partial charge in [0, 0.05) is 25.2 Å². The molecule has 8 nitrogen and oxygen atoms in total. The Balaban J connectivity index is 1.49. The standard InChI is InChI=1S/C14H17N5O3/c20-14(22-13-3-7-21-8-4-13)16-9-11-10-19(18-17-11)12-1-5-15-6-2-12/h1-2,5-6,10,13H,3-4,7-9H2,(H,16,20). The van der Waals surface area contributed by atoms with E-state index in [4.69, 9.17) is 9.47 Å². The molecule has 1 aliphatic rings. The van der Waals surface area contributed by atoms with Crippen LogP contribution in [0.3, 0.4) is 0 Å². The molecule has 0 saturated carbocycles. The Morgan fingerprint density at radius 1 is 1.36 bits per heavy atom.